The van der Waals surface area contributed by atoms with Gasteiger partial charge in [-0.1, -0.05) is 13.2 Å². The van der Waals surface area contributed by atoms with Crippen molar-refractivity contribution in [2.75, 3.05) is 0 Å². The van der Waals surface area contributed by atoms with Crippen LogP contribution in [0.25, 0.3) is 0 Å². The van der Waals surface area contributed by atoms with Crippen LogP contribution in [-0.4, -0.2) is 46.7 Å². The van der Waals surface area contributed by atoms with Gasteiger partial charge in [-0.3, -0.25) is 0 Å². The lowest BCUT2D eigenvalue weighted by atomic mass is 10.2. The van der Waals surface area contributed by atoms with E-state index in [9.17, 15) is 19.2 Å². The largest absolute Gasteiger partial charge is 0.514 e. The first-order chi connectivity index (χ1) is 9.33. The number of aliphatic carboxylic acids is 2. The topological polar surface area (TPSA) is 146 Å². The van der Waals surface area contributed by atoms with E-state index in [0.717, 1.165) is 0 Å². The van der Waals surface area contributed by atoms with Crippen LogP contribution < -0.4 is 0 Å². The Morgan fingerprint density at radius 3 is 1.30 bits per heavy atom. The molecule has 0 aliphatic carbocycles. The first-order valence-electron chi connectivity index (χ1n) is 4.75. The predicted octanol–water partition coefficient (Wildman–Crippen LogP) is 0.486. The van der Waals surface area contributed by atoms with Crippen molar-refractivity contribution in [1.29, 1.82) is 0 Å². The molecular formula is C10H10O10. The van der Waals surface area contributed by atoms with Crippen LogP contribution in [0.4, 0.5) is 9.59 Å². The first kappa shape index (κ1) is 17.0. The molecular weight excluding hydrogens is 280 g/mol. The third-order valence-electron chi connectivity index (χ3n) is 1.57. The number of carbonyl (C=O) groups excluding carboxylic acids is 2. The summed E-state index contributed by atoms with van der Waals surface area (Å²) in [6, 6.07) is 0. The van der Waals surface area contributed by atoms with E-state index >= 15 is 0 Å². The van der Waals surface area contributed by atoms with Gasteiger partial charge in [0.25, 0.3) is 0 Å². The number of rotatable bonds is 7. The number of carboxylic acids is 2. The molecule has 0 aliphatic heterocycles. The quantitative estimate of drug-likeness (QED) is 0.501. The Bertz CT molecular complexity index is 386. The van der Waals surface area contributed by atoms with Crippen molar-refractivity contribution in [3.05, 3.63) is 25.7 Å². The van der Waals surface area contributed by atoms with Gasteiger partial charge in [0.15, 0.2) is 0 Å². The van der Waals surface area contributed by atoms with E-state index in [1.165, 1.54) is 0 Å². The van der Waals surface area contributed by atoms with Crippen molar-refractivity contribution < 1.29 is 48.3 Å². The highest BCUT2D eigenvalue weighted by Crippen LogP contribution is 2.09. The van der Waals surface area contributed by atoms with E-state index in [4.69, 9.17) is 10.2 Å². The third kappa shape index (κ3) is 5.53. The summed E-state index contributed by atoms with van der Waals surface area (Å²) >= 11 is 0. The summed E-state index contributed by atoms with van der Waals surface area (Å²) in [6.07, 6.45) is -6.53. The SMILES string of the molecule is C=COC(=O)OC(C(=O)O)C(OC(=O)OC=C)C(=O)O. The molecule has 10 nitrogen and oxygen atoms in total. The zero-order valence-electron chi connectivity index (χ0n) is 9.88. The fourth-order valence-electron chi connectivity index (χ4n) is 0.882. The van der Waals surface area contributed by atoms with Crippen LogP contribution in [0, 0.1) is 0 Å². The Balaban J connectivity index is 5.04. The second-order valence-corrected chi connectivity index (χ2v) is 2.82. The van der Waals surface area contributed by atoms with E-state index in [-0.39, 0.29) is 0 Å². The van der Waals surface area contributed by atoms with Crippen LogP contribution >= 0.6 is 0 Å². The maximum atomic E-state index is 10.9. The molecule has 0 saturated heterocycles. The molecule has 0 aromatic carbocycles. The minimum Gasteiger partial charge on any atom is -0.478 e. The Morgan fingerprint density at radius 2 is 1.10 bits per heavy atom. The molecule has 110 valence electrons. The molecule has 0 aromatic rings. The lowest BCUT2D eigenvalue weighted by Gasteiger charge is -2.19. The molecule has 0 amide bonds. The number of hydrogen-bond acceptors (Lipinski definition) is 8. The van der Waals surface area contributed by atoms with Crippen molar-refractivity contribution in [3.63, 3.8) is 0 Å². The minimum absolute atomic E-state index is 0.629. The fourth-order valence-corrected chi connectivity index (χ4v) is 0.882. The highest BCUT2D eigenvalue weighted by molar-refractivity contribution is 5.86. The Labute approximate surface area is 111 Å². The number of carboxylic acid groups (broad SMARTS) is 2. The van der Waals surface area contributed by atoms with Crippen LogP contribution in [-0.2, 0) is 28.5 Å². The number of hydrogen-bond donors (Lipinski definition) is 2. The van der Waals surface area contributed by atoms with Gasteiger partial charge in [0.05, 0.1) is 12.5 Å². The molecule has 2 unspecified atom stereocenters. The molecule has 0 aromatic heterocycles. The minimum atomic E-state index is -2.35. The summed E-state index contributed by atoms with van der Waals surface area (Å²) < 4.78 is 16.5. The summed E-state index contributed by atoms with van der Waals surface area (Å²) in [4.78, 5) is 43.6. The second-order valence-electron chi connectivity index (χ2n) is 2.82. The lowest BCUT2D eigenvalue weighted by molar-refractivity contribution is -0.168. The highest BCUT2D eigenvalue weighted by atomic mass is 16.8. The van der Waals surface area contributed by atoms with E-state index < -0.39 is 36.5 Å². The van der Waals surface area contributed by atoms with Gasteiger partial charge in [0, 0.05) is 0 Å². The van der Waals surface area contributed by atoms with Crippen molar-refractivity contribution in [2.45, 2.75) is 12.2 Å². The molecule has 2 atom stereocenters. The Kier molecular flexibility index (Phi) is 6.89. The summed E-state index contributed by atoms with van der Waals surface area (Å²) in [5.74, 6) is -3.77. The van der Waals surface area contributed by atoms with E-state index in [1.807, 2.05) is 0 Å². The molecule has 20 heavy (non-hydrogen) atoms. The van der Waals surface area contributed by atoms with Crippen molar-refractivity contribution in [3.8, 4) is 0 Å². The second kappa shape index (κ2) is 8.13. The van der Waals surface area contributed by atoms with Gasteiger partial charge in [-0.15, -0.1) is 0 Å². The number of ether oxygens (including phenoxy) is 4. The maximum absolute atomic E-state index is 10.9. The Morgan fingerprint density at radius 1 is 0.800 bits per heavy atom. The molecule has 0 fully saturated rings. The molecule has 10 heteroatoms. The van der Waals surface area contributed by atoms with Crippen LogP contribution in [0.15, 0.2) is 25.7 Å². The average Bonchev–Trinajstić information content (AvgIpc) is 2.33. The summed E-state index contributed by atoms with van der Waals surface area (Å²) in [5, 5.41) is 17.6. The third-order valence-corrected chi connectivity index (χ3v) is 1.57. The van der Waals surface area contributed by atoms with Gasteiger partial charge in [0.2, 0.25) is 12.2 Å². The molecule has 0 heterocycles. The number of carbonyl (C=O) groups is 4. The van der Waals surface area contributed by atoms with Gasteiger partial charge >= 0.3 is 24.2 Å². The fraction of sp³-hybridized carbons (Fsp3) is 0.200. The van der Waals surface area contributed by atoms with Crippen LogP contribution in [0.2, 0.25) is 0 Å². The van der Waals surface area contributed by atoms with Crippen LogP contribution in [0.3, 0.4) is 0 Å². The van der Waals surface area contributed by atoms with Gasteiger partial charge in [0.1, 0.15) is 0 Å². The lowest BCUT2D eigenvalue weighted by Crippen LogP contribution is -2.45. The van der Waals surface area contributed by atoms with Gasteiger partial charge in [-0.05, 0) is 0 Å². The maximum Gasteiger partial charge on any atom is 0.514 e. The average molecular weight is 290 g/mol. The van der Waals surface area contributed by atoms with Crippen molar-refractivity contribution in [1.82, 2.24) is 0 Å². The van der Waals surface area contributed by atoms with Crippen LogP contribution in [0.5, 0.6) is 0 Å². The zero-order valence-corrected chi connectivity index (χ0v) is 9.88. The van der Waals surface area contributed by atoms with Gasteiger partial charge in [-0.25, -0.2) is 19.2 Å². The standard InChI is InChI=1S/C10H10O10/c1-3-17-9(15)19-5(7(11)12)6(8(13)14)20-10(16)18-4-2/h3-6H,1-2H2,(H,11,12)(H,13,14). The van der Waals surface area contributed by atoms with E-state index in [1.54, 1.807) is 0 Å². The van der Waals surface area contributed by atoms with Crippen LogP contribution in [0.1, 0.15) is 0 Å². The predicted molar refractivity (Wildman–Crippen MR) is 58.4 cm³/mol. The smallest absolute Gasteiger partial charge is 0.478 e. The molecule has 0 saturated carbocycles. The normalized spacial score (nSPS) is 12.2. The summed E-state index contributed by atoms with van der Waals surface area (Å²) in [6.45, 7) is 6.00. The van der Waals surface area contributed by atoms with E-state index in [0.29, 0.717) is 12.5 Å². The molecule has 0 spiro atoms. The zero-order chi connectivity index (χ0) is 15.7. The van der Waals surface area contributed by atoms with Gasteiger partial charge in [-0.2, -0.15) is 0 Å². The molecule has 0 bridgehead atoms. The van der Waals surface area contributed by atoms with Gasteiger partial charge < -0.3 is 29.2 Å². The molecule has 0 rings (SSSR count). The Hall–Kier alpha value is -3.04. The van der Waals surface area contributed by atoms with E-state index in [2.05, 4.69) is 32.1 Å². The summed E-state index contributed by atoms with van der Waals surface area (Å²) in [5.41, 5.74) is 0. The monoisotopic (exact) mass is 290 g/mol. The van der Waals surface area contributed by atoms with Crippen molar-refractivity contribution >= 4 is 24.2 Å². The summed E-state index contributed by atoms with van der Waals surface area (Å²) in [7, 11) is 0. The first-order valence-corrected chi connectivity index (χ1v) is 4.75. The highest BCUT2D eigenvalue weighted by Gasteiger charge is 2.41. The molecule has 2 N–H and O–H groups in total. The molecule has 0 radical (unpaired) electrons. The van der Waals surface area contributed by atoms with Crippen molar-refractivity contribution in [2.24, 2.45) is 0 Å². The molecule has 0 aliphatic rings.